The Bertz CT molecular complexity index is 1360. The lowest BCUT2D eigenvalue weighted by atomic mass is 10.1. The number of hydrogen-bond donors (Lipinski definition) is 2. The van der Waals surface area contributed by atoms with E-state index in [1.807, 2.05) is 0 Å². The van der Waals surface area contributed by atoms with Crippen LogP contribution in [0.3, 0.4) is 0 Å². The van der Waals surface area contributed by atoms with E-state index in [2.05, 4.69) is 20.6 Å². The van der Waals surface area contributed by atoms with Crippen LogP contribution in [0.5, 0.6) is 11.6 Å². The van der Waals surface area contributed by atoms with Crippen molar-refractivity contribution in [1.82, 2.24) is 15.3 Å². The van der Waals surface area contributed by atoms with Crippen LogP contribution >= 0.6 is 0 Å². The molecule has 2 N–H and O–H groups in total. The Balaban J connectivity index is 1.07. The minimum Gasteiger partial charge on any atom is -0.492 e. The Morgan fingerprint density at radius 2 is 2.13 bits per heavy atom. The predicted molar refractivity (Wildman–Crippen MR) is 134 cm³/mol. The zero-order valence-electron chi connectivity index (χ0n) is 20.7. The van der Waals surface area contributed by atoms with Gasteiger partial charge in [-0.3, -0.25) is 9.69 Å². The van der Waals surface area contributed by atoms with Crippen LogP contribution in [-0.4, -0.2) is 81.3 Å². The Morgan fingerprint density at radius 1 is 1.29 bits per heavy atom. The highest BCUT2D eigenvalue weighted by Gasteiger charge is 2.34. The highest BCUT2D eigenvalue weighted by Crippen LogP contribution is 2.32. The number of aromatic nitrogens is 2. The van der Waals surface area contributed by atoms with Crippen molar-refractivity contribution < 1.29 is 36.6 Å². The van der Waals surface area contributed by atoms with Crippen molar-refractivity contribution in [1.29, 1.82) is 0 Å². The van der Waals surface area contributed by atoms with Crippen molar-refractivity contribution in [3.63, 3.8) is 0 Å². The minimum atomic E-state index is -3.15. The van der Waals surface area contributed by atoms with Gasteiger partial charge in [-0.15, -0.1) is 0 Å². The van der Waals surface area contributed by atoms with Gasteiger partial charge >= 0.3 is 6.09 Å². The first-order chi connectivity index (χ1) is 18.1. The number of carbonyl (C=O) groups is 2. The average molecular weight is 550 g/mol. The third-order valence-corrected chi connectivity index (χ3v) is 7.44. The van der Waals surface area contributed by atoms with Gasteiger partial charge in [-0.1, -0.05) is 0 Å². The van der Waals surface area contributed by atoms with Crippen LogP contribution in [0.1, 0.15) is 17.5 Å². The molecule has 0 spiro atoms. The molecule has 14 heteroatoms. The summed E-state index contributed by atoms with van der Waals surface area (Å²) in [5.74, 6) is 0.364. The molecule has 204 valence electrons. The van der Waals surface area contributed by atoms with Gasteiger partial charge in [0.2, 0.25) is 0 Å². The molecule has 38 heavy (non-hydrogen) atoms. The summed E-state index contributed by atoms with van der Waals surface area (Å²) in [7, 11) is -3.15. The number of ether oxygens (including phenoxy) is 3. The molecule has 1 aromatic heterocycles. The number of sulfone groups is 1. The number of nitrogens with one attached hydrogen (secondary N) is 2. The molecule has 2 unspecified atom stereocenters. The standard InChI is InChI=1S/C24H28FN5O7S/c1-38(33,34)5-4-35-17-8-15-6-14(7-18(15)19(25)9-17)10-26-3-2-16-12-30(24(32)37-16)20-11-27-23-22(28-20)29-21(31)13-36-23/h8-9,11,14,16,26H,2-7,10,12-13H2,1H3,(H,28,29,31). The Labute approximate surface area is 218 Å². The molecule has 5 rings (SSSR count). The maximum Gasteiger partial charge on any atom is 0.415 e. The SMILES string of the molecule is CS(=O)(=O)CCOc1cc(F)c2c(c1)CC(CNCCC1CN(c3cnc4c(n3)NC(=O)CO4)C(=O)O1)C2. The van der Waals surface area contributed by atoms with Gasteiger partial charge in [-0.25, -0.2) is 27.6 Å². The van der Waals surface area contributed by atoms with Crippen LogP contribution in [0.4, 0.5) is 20.8 Å². The van der Waals surface area contributed by atoms with Crippen molar-refractivity contribution in [3.8, 4) is 11.6 Å². The summed E-state index contributed by atoms with van der Waals surface area (Å²) in [5.41, 5.74) is 1.54. The van der Waals surface area contributed by atoms with Crippen molar-refractivity contribution in [2.24, 2.45) is 5.92 Å². The maximum absolute atomic E-state index is 14.6. The molecule has 2 aliphatic heterocycles. The highest BCUT2D eigenvalue weighted by molar-refractivity contribution is 7.90. The van der Waals surface area contributed by atoms with Crippen LogP contribution in [0.2, 0.25) is 0 Å². The number of benzene rings is 1. The minimum absolute atomic E-state index is 0.0186. The number of nitrogens with zero attached hydrogens (tertiary/aromatic N) is 3. The summed E-state index contributed by atoms with van der Waals surface area (Å²) in [4.78, 5) is 33.6. The summed E-state index contributed by atoms with van der Waals surface area (Å²) >= 11 is 0. The lowest BCUT2D eigenvalue weighted by molar-refractivity contribution is -0.118. The summed E-state index contributed by atoms with van der Waals surface area (Å²) < 4.78 is 53.2. The summed E-state index contributed by atoms with van der Waals surface area (Å²) in [5, 5.41) is 5.93. The van der Waals surface area contributed by atoms with Gasteiger partial charge in [0, 0.05) is 12.3 Å². The average Bonchev–Trinajstić information content (AvgIpc) is 3.44. The number of fused-ring (bicyclic) bond motifs is 2. The fourth-order valence-corrected chi connectivity index (χ4v) is 5.09. The molecular formula is C24H28FN5O7S. The van der Waals surface area contributed by atoms with Gasteiger partial charge in [0.1, 0.15) is 24.3 Å². The van der Waals surface area contributed by atoms with Crippen LogP contribution in [-0.2, 0) is 32.2 Å². The largest absolute Gasteiger partial charge is 0.492 e. The molecule has 2 amide bonds. The molecule has 1 saturated heterocycles. The van der Waals surface area contributed by atoms with Gasteiger partial charge in [-0.2, -0.15) is 0 Å². The Morgan fingerprint density at radius 3 is 2.95 bits per heavy atom. The summed E-state index contributed by atoms with van der Waals surface area (Å²) in [6.45, 7) is 1.41. The molecule has 1 fully saturated rings. The van der Waals surface area contributed by atoms with E-state index in [1.54, 1.807) is 6.07 Å². The zero-order valence-corrected chi connectivity index (χ0v) is 21.6. The van der Waals surface area contributed by atoms with Gasteiger partial charge in [-0.05, 0) is 55.5 Å². The number of anilines is 2. The second-order valence-electron chi connectivity index (χ2n) is 9.62. The van der Waals surface area contributed by atoms with E-state index in [0.29, 0.717) is 50.2 Å². The van der Waals surface area contributed by atoms with Gasteiger partial charge in [0.15, 0.2) is 28.1 Å². The van der Waals surface area contributed by atoms with E-state index in [0.717, 1.165) is 11.8 Å². The Hall–Kier alpha value is -3.52. The molecule has 2 atom stereocenters. The molecule has 0 bridgehead atoms. The lowest BCUT2D eigenvalue weighted by Crippen LogP contribution is -2.30. The first kappa shape index (κ1) is 26.1. The van der Waals surface area contributed by atoms with Crippen LogP contribution in [0.15, 0.2) is 18.3 Å². The molecule has 3 heterocycles. The maximum atomic E-state index is 14.6. The quantitative estimate of drug-likeness (QED) is 0.413. The highest BCUT2D eigenvalue weighted by atomic mass is 32.2. The first-order valence-corrected chi connectivity index (χ1v) is 14.3. The van der Waals surface area contributed by atoms with Crippen molar-refractivity contribution in [2.75, 3.05) is 55.1 Å². The number of cyclic esters (lactones) is 1. The second-order valence-corrected chi connectivity index (χ2v) is 11.9. The molecule has 3 aliphatic rings. The lowest BCUT2D eigenvalue weighted by Gasteiger charge is -2.18. The van der Waals surface area contributed by atoms with Crippen molar-refractivity contribution in [3.05, 3.63) is 35.3 Å². The third-order valence-electron chi connectivity index (χ3n) is 6.54. The summed E-state index contributed by atoms with van der Waals surface area (Å²) in [6, 6.07) is 3.10. The van der Waals surface area contributed by atoms with Gasteiger partial charge in [0.05, 0.1) is 18.5 Å². The second kappa shape index (κ2) is 10.7. The summed E-state index contributed by atoms with van der Waals surface area (Å²) in [6.07, 6.45) is 3.51. The number of rotatable bonds is 10. The molecule has 2 aromatic rings. The van der Waals surface area contributed by atoms with Gasteiger partial charge < -0.3 is 24.8 Å². The van der Waals surface area contributed by atoms with Crippen LogP contribution in [0, 0.1) is 11.7 Å². The smallest absolute Gasteiger partial charge is 0.415 e. The van der Waals surface area contributed by atoms with E-state index in [9.17, 15) is 22.4 Å². The van der Waals surface area contributed by atoms with E-state index in [-0.39, 0.29) is 60.2 Å². The number of halogens is 1. The van der Waals surface area contributed by atoms with E-state index in [4.69, 9.17) is 14.2 Å². The van der Waals surface area contributed by atoms with Crippen molar-refractivity contribution >= 4 is 33.5 Å². The number of hydrogen-bond acceptors (Lipinski definition) is 10. The van der Waals surface area contributed by atoms with E-state index < -0.39 is 15.9 Å². The fourth-order valence-electron chi connectivity index (χ4n) is 4.70. The Kier molecular flexibility index (Phi) is 7.34. The predicted octanol–water partition coefficient (Wildman–Crippen LogP) is 1.09. The van der Waals surface area contributed by atoms with Crippen LogP contribution in [0.25, 0.3) is 0 Å². The molecule has 0 saturated carbocycles. The molecular weight excluding hydrogens is 521 g/mol. The molecule has 12 nitrogen and oxygen atoms in total. The zero-order chi connectivity index (χ0) is 26.9. The molecule has 1 aliphatic carbocycles. The topological polar surface area (TPSA) is 149 Å². The molecule has 0 radical (unpaired) electrons. The fraction of sp³-hybridized carbons (Fsp3) is 0.500. The van der Waals surface area contributed by atoms with Crippen LogP contribution < -0.4 is 25.0 Å². The van der Waals surface area contributed by atoms with Gasteiger partial charge in [0.25, 0.3) is 11.8 Å². The number of carbonyl (C=O) groups excluding carboxylic acids is 2. The van der Waals surface area contributed by atoms with E-state index >= 15 is 0 Å². The third kappa shape index (κ3) is 6.13. The monoisotopic (exact) mass is 549 g/mol. The first-order valence-electron chi connectivity index (χ1n) is 12.2. The normalized spacial score (nSPS) is 20.4. The van der Waals surface area contributed by atoms with Crippen molar-refractivity contribution in [2.45, 2.75) is 25.4 Å². The number of amides is 2. The molecule has 1 aromatic carbocycles. The van der Waals surface area contributed by atoms with E-state index in [1.165, 1.54) is 17.2 Å².